The van der Waals surface area contributed by atoms with Crippen molar-refractivity contribution in [2.45, 2.75) is 46.6 Å². The van der Waals surface area contributed by atoms with Crippen LogP contribution in [0.5, 0.6) is 0 Å². The number of imidazole rings is 1. The molecule has 7 nitrogen and oxygen atoms in total. The van der Waals surface area contributed by atoms with E-state index in [4.69, 9.17) is 26.1 Å². The van der Waals surface area contributed by atoms with Crippen molar-refractivity contribution >= 4 is 33.9 Å². The van der Waals surface area contributed by atoms with Crippen molar-refractivity contribution < 1.29 is 4.52 Å². The van der Waals surface area contributed by atoms with Gasteiger partial charge in [-0.25, -0.2) is 14.8 Å². The Morgan fingerprint density at radius 1 is 1.08 bits per heavy atom. The Morgan fingerprint density at radius 2 is 1.86 bits per heavy atom. The molecule has 3 heterocycles. The van der Waals surface area contributed by atoms with E-state index in [2.05, 4.69) is 58.0 Å². The minimum atomic E-state index is -0.560. The molecule has 0 saturated carbocycles. The maximum absolute atomic E-state index is 11.7. The predicted octanol–water partition coefficient (Wildman–Crippen LogP) is 5.76. The SMILES string of the molecule is CCc1nc2c(Cl)cc(C)nc2n1Cc1ccc2c(c1)CCc1ccccc1/C2=C(/C)c1noc(=O)[nH]1. The fourth-order valence-corrected chi connectivity index (χ4v) is 5.62. The largest absolute Gasteiger partial charge is 0.439 e. The Hall–Kier alpha value is -3.97. The molecule has 0 atom stereocenters. The van der Waals surface area contributed by atoms with Crippen molar-refractivity contribution in [2.75, 3.05) is 0 Å². The molecular weight excluding hydrogens is 486 g/mol. The highest BCUT2D eigenvalue weighted by Crippen LogP contribution is 2.38. The van der Waals surface area contributed by atoms with Crippen LogP contribution in [0.3, 0.4) is 0 Å². The summed E-state index contributed by atoms with van der Waals surface area (Å²) >= 11 is 6.51. The summed E-state index contributed by atoms with van der Waals surface area (Å²) in [6.07, 6.45) is 2.61. The normalized spacial score (nSPS) is 14.4. The first-order valence-electron chi connectivity index (χ1n) is 12.4. The lowest BCUT2D eigenvalue weighted by molar-refractivity contribution is 0.385. The average Bonchev–Trinajstić information content (AvgIpc) is 3.43. The number of hydrogen-bond acceptors (Lipinski definition) is 5. The monoisotopic (exact) mass is 511 g/mol. The summed E-state index contributed by atoms with van der Waals surface area (Å²) in [5.74, 6) is 0.849. The van der Waals surface area contributed by atoms with E-state index in [0.717, 1.165) is 64.2 Å². The number of H-pyrrole nitrogens is 1. The zero-order valence-electron chi connectivity index (χ0n) is 20.9. The molecule has 2 aromatic carbocycles. The van der Waals surface area contributed by atoms with E-state index in [1.54, 1.807) is 0 Å². The second-order valence-electron chi connectivity index (χ2n) is 9.48. The van der Waals surface area contributed by atoms with Crippen molar-refractivity contribution in [3.05, 3.63) is 109 Å². The second-order valence-corrected chi connectivity index (χ2v) is 9.88. The first-order chi connectivity index (χ1) is 17.9. The summed E-state index contributed by atoms with van der Waals surface area (Å²) in [4.78, 5) is 24.0. The molecule has 0 radical (unpaired) electrons. The zero-order valence-corrected chi connectivity index (χ0v) is 21.7. The number of halogens is 1. The number of benzene rings is 2. The van der Waals surface area contributed by atoms with E-state index < -0.39 is 5.76 Å². The molecule has 1 N–H and O–H groups in total. The molecule has 6 rings (SSSR count). The van der Waals surface area contributed by atoms with Gasteiger partial charge in [0.15, 0.2) is 11.5 Å². The van der Waals surface area contributed by atoms with Crippen LogP contribution in [-0.4, -0.2) is 24.7 Å². The molecule has 0 unspecified atom stereocenters. The fourth-order valence-electron chi connectivity index (χ4n) is 5.34. The van der Waals surface area contributed by atoms with Crippen molar-refractivity contribution in [2.24, 2.45) is 0 Å². The third kappa shape index (κ3) is 4.09. The number of aromatic nitrogens is 5. The summed E-state index contributed by atoms with van der Waals surface area (Å²) in [7, 11) is 0. The van der Waals surface area contributed by atoms with E-state index in [1.807, 2.05) is 26.0 Å². The van der Waals surface area contributed by atoms with Crippen LogP contribution in [0.1, 0.15) is 59.0 Å². The number of aryl methyl sites for hydroxylation is 4. The van der Waals surface area contributed by atoms with Gasteiger partial charge in [-0.1, -0.05) is 66.1 Å². The average molecular weight is 512 g/mol. The minimum absolute atomic E-state index is 0.447. The molecule has 0 spiro atoms. The lowest BCUT2D eigenvalue weighted by atomic mass is 9.89. The van der Waals surface area contributed by atoms with Crippen LogP contribution < -0.4 is 5.76 Å². The van der Waals surface area contributed by atoms with Crippen LogP contribution in [0.15, 0.2) is 57.8 Å². The molecule has 1 aliphatic rings. The number of hydrogen-bond donors (Lipinski definition) is 1. The van der Waals surface area contributed by atoms with E-state index in [1.165, 1.54) is 16.7 Å². The highest BCUT2D eigenvalue weighted by molar-refractivity contribution is 6.34. The van der Waals surface area contributed by atoms with E-state index in [-0.39, 0.29) is 0 Å². The van der Waals surface area contributed by atoms with Gasteiger partial charge in [-0.3, -0.25) is 9.51 Å². The van der Waals surface area contributed by atoms with Crippen molar-refractivity contribution in [1.82, 2.24) is 24.7 Å². The third-order valence-corrected chi connectivity index (χ3v) is 7.37. The summed E-state index contributed by atoms with van der Waals surface area (Å²) < 4.78 is 6.99. The molecule has 0 aliphatic heterocycles. The van der Waals surface area contributed by atoms with Crippen LogP contribution in [0.4, 0.5) is 0 Å². The molecule has 8 heteroatoms. The Labute approximate surface area is 218 Å². The van der Waals surface area contributed by atoms with Crippen LogP contribution in [-0.2, 0) is 25.8 Å². The third-order valence-electron chi connectivity index (χ3n) is 7.08. The molecule has 0 bridgehead atoms. The summed E-state index contributed by atoms with van der Waals surface area (Å²) in [5, 5.41) is 4.60. The van der Waals surface area contributed by atoms with Crippen LogP contribution >= 0.6 is 11.6 Å². The molecule has 0 fully saturated rings. The fraction of sp³-hybridized carbons (Fsp3) is 0.241. The molecule has 186 valence electrons. The summed E-state index contributed by atoms with van der Waals surface area (Å²) in [6.45, 7) is 6.68. The quantitative estimate of drug-likeness (QED) is 0.331. The molecule has 3 aromatic heterocycles. The standard InChI is InChI=1S/C29H26ClN5O2/c1-4-24-32-26-23(30)13-16(2)31-28(26)35(24)15-18-9-12-22-20(14-18)11-10-19-7-5-6-8-21(19)25(22)17(3)27-33-29(36)37-34-27/h5-9,12-14H,4,10-11,15H2,1-3H3,(H,33,34,36)/b25-17+. The van der Waals surface area contributed by atoms with Gasteiger partial charge in [0.05, 0.1) is 11.6 Å². The van der Waals surface area contributed by atoms with Gasteiger partial charge in [0.25, 0.3) is 0 Å². The van der Waals surface area contributed by atoms with Gasteiger partial charge in [0.2, 0.25) is 0 Å². The number of pyridine rings is 1. The molecule has 0 amide bonds. The van der Waals surface area contributed by atoms with Gasteiger partial charge in [-0.05, 0) is 66.1 Å². The number of allylic oxidation sites excluding steroid dienone is 1. The van der Waals surface area contributed by atoms with Crippen molar-refractivity contribution in [1.29, 1.82) is 0 Å². The number of aromatic amines is 1. The lowest BCUT2D eigenvalue weighted by Gasteiger charge is -2.16. The Bertz CT molecular complexity index is 1760. The van der Waals surface area contributed by atoms with Gasteiger partial charge in [0, 0.05) is 17.7 Å². The highest BCUT2D eigenvalue weighted by atomic mass is 35.5. The van der Waals surface area contributed by atoms with E-state index >= 15 is 0 Å². The van der Waals surface area contributed by atoms with Gasteiger partial charge in [0.1, 0.15) is 11.3 Å². The molecular formula is C29H26ClN5O2. The van der Waals surface area contributed by atoms with Gasteiger partial charge < -0.3 is 4.57 Å². The first kappa shape index (κ1) is 23.4. The maximum Gasteiger partial charge on any atom is 0.439 e. The number of nitrogens with one attached hydrogen (secondary N) is 1. The first-order valence-corrected chi connectivity index (χ1v) is 12.8. The topological polar surface area (TPSA) is 89.6 Å². The van der Waals surface area contributed by atoms with Gasteiger partial charge in [-0.2, -0.15) is 0 Å². The summed E-state index contributed by atoms with van der Waals surface area (Å²) in [6, 6.07) is 16.9. The molecule has 0 saturated heterocycles. The Balaban J connectivity index is 1.49. The smallest absolute Gasteiger partial charge is 0.308 e. The maximum atomic E-state index is 11.7. The number of nitrogens with zero attached hydrogens (tertiary/aromatic N) is 4. The van der Waals surface area contributed by atoms with Crippen molar-refractivity contribution in [3.63, 3.8) is 0 Å². The van der Waals surface area contributed by atoms with E-state index in [9.17, 15) is 4.79 Å². The van der Waals surface area contributed by atoms with E-state index in [0.29, 0.717) is 17.4 Å². The van der Waals surface area contributed by atoms with Crippen LogP contribution in [0.25, 0.3) is 22.3 Å². The van der Waals surface area contributed by atoms with Crippen molar-refractivity contribution in [3.8, 4) is 0 Å². The van der Waals surface area contributed by atoms with Crippen LogP contribution in [0, 0.1) is 6.92 Å². The lowest BCUT2D eigenvalue weighted by Crippen LogP contribution is -2.07. The Morgan fingerprint density at radius 3 is 2.65 bits per heavy atom. The predicted molar refractivity (Wildman–Crippen MR) is 145 cm³/mol. The summed E-state index contributed by atoms with van der Waals surface area (Å²) in [5.41, 5.74) is 10.3. The molecule has 37 heavy (non-hydrogen) atoms. The Kier molecular flexibility index (Phi) is 5.80. The zero-order chi connectivity index (χ0) is 25.7. The van der Waals surface area contributed by atoms with Crippen LogP contribution in [0.2, 0.25) is 5.02 Å². The number of fused-ring (bicyclic) bond motifs is 3. The van der Waals surface area contributed by atoms with Gasteiger partial charge >= 0.3 is 5.76 Å². The molecule has 1 aliphatic carbocycles. The van der Waals surface area contributed by atoms with Gasteiger partial charge in [-0.15, -0.1) is 0 Å². The number of rotatable bonds is 4. The minimum Gasteiger partial charge on any atom is -0.308 e. The second kappa shape index (κ2) is 9.16. The molecule has 5 aromatic rings. The highest BCUT2D eigenvalue weighted by Gasteiger charge is 2.23.